The van der Waals surface area contributed by atoms with E-state index in [1.807, 2.05) is 24.3 Å². The second-order valence-electron chi connectivity index (χ2n) is 5.68. The van der Waals surface area contributed by atoms with Crippen LogP contribution in [0.3, 0.4) is 0 Å². The molecule has 0 aliphatic rings. The third-order valence-electron chi connectivity index (χ3n) is 3.72. The standard InChI is InChI=1S/C19H18N4O4/c1-12-10-17(23-27-12)22-19(25)15-8-5-7-14(21-15)18(24)20-11-13-6-3-4-9-16(13)26-2/h3-10H,11H2,1-2H3,(H,20,24)(H,22,23,25). The lowest BCUT2D eigenvalue weighted by molar-refractivity contribution is 0.0945. The molecule has 3 aromatic rings. The first kappa shape index (κ1) is 18.1. The Kier molecular flexibility index (Phi) is 5.46. The lowest BCUT2D eigenvalue weighted by Gasteiger charge is -2.09. The molecule has 1 aromatic carbocycles. The van der Waals surface area contributed by atoms with Crippen LogP contribution in [0.25, 0.3) is 0 Å². The van der Waals surface area contributed by atoms with Crippen LogP contribution in [0.5, 0.6) is 5.75 Å². The van der Waals surface area contributed by atoms with Gasteiger partial charge in [0.1, 0.15) is 22.9 Å². The van der Waals surface area contributed by atoms with Gasteiger partial charge < -0.3 is 19.9 Å². The summed E-state index contributed by atoms with van der Waals surface area (Å²) in [5, 5.41) is 9.02. The van der Waals surface area contributed by atoms with Gasteiger partial charge in [0.05, 0.1) is 7.11 Å². The normalized spacial score (nSPS) is 10.3. The third-order valence-corrected chi connectivity index (χ3v) is 3.72. The van der Waals surface area contributed by atoms with Gasteiger partial charge in [0.25, 0.3) is 11.8 Å². The summed E-state index contributed by atoms with van der Waals surface area (Å²) in [5.74, 6) is 0.658. The molecule has 2 N–H and O–H groups in total. The third kappa shape index (κ3) is 4.49. The zero-order valence-electron chi connectivity index (χ0n) is 14.9. The first-order valence-corrected chi connectivity index (χ1v) is 8.18. The molecule has 8 nitrogen and oxygen atoms in total. The van der Waals surface area contributed by atoms with Crippen LogP contribution in [-0.4, -0.2) is 29.1 Å². The van der Waals surface area contributed by atoms with Crippen molar-refractivity contribution < 1.29 is 18.8 Å². The Bertz CT molecular complexity index is 968. The summed E-state index contributed by atoms with van der Waals surface area (Å²) in [4.78, 5) is 28.8. The largest absolute Gasteiger partial charge is 0.496 e. The molecule has 0 aliphatic carbocycles. The van der Waals surface area contributed by atoms with E-state index in [2.05, 4.69) is 20.8 Å². The van der Waals surface area contributed by atoms with Crippen LogP contribution in [0.2, 0.25) is 0 Å². The molecule has 27 heavy (non-hydrogen) atoms. The molecule has 0 saturated heterocycles. The highest BCUT2D eigenvalue weighted by atomic mass is 16.5. The van der Waals surface area contributed by atoms with Gasteiger partial charge in [-0.05, 0) is 25.1 Å². The molecule has 0 atom stereocenters. The zero-order chi connectivity index (χ0) is 19.2. The number of carbonyl (C=O) groups is 2. The quantitative estimate of drug-likeness (QED) is 0.694. The van der Waals surface area contributed by atoms with Crippen LogP contribution in [0.15, 0.2) is 53.1 Å². The average Bonchev–Trinajstić information content (AvgIpc) is 3.11. The van der Waals surface area contributed by atoms with E-state index < -0.39 is 11.8 Å². The average molecular weight is 366 g/mol. The predicted molar refractivity (Wildman–Crippen MR) is 97.6 cm³/mol. The van der Waals surface area contributed by atoms with Gasteiger partial charge in [-0.1, -0.05) is 29.4 Å². The minimum absolute atomic E-state index is 0.0978. The summed E-state index contributed by atoms with van der Waals surface area (Å²) in [6.07, 6.45) is 0. The van der Waals surface area contributed by atoms with E-state index in [0.717, 1.165) is 5.56 Å². The number of anilines is 1. The predicted octanol–water partition coefficient (Wildman–Crippen LogP) is 2.57. The van der Waals surface area contributed by atoms with Crippen LogP contribution in [-0.2, 0) is 6.54 Å². The molecule has 0 radical (unpaired) electrons. The second-order valence-corrected chi connectivity index (χ2v) is 5.68. The van der Waals surface area contributed by atoms with E-state index >= 15 is 0 Å². The van der Waals surface area contributed by atoms with Crippen LogP contribution in [0.4, 0.5) is 5.82 Å². The van der Waals surface area contributed by atoms with Crippen molar-refractivity contribution in [1.82, 2.24) is 15.5 Å². The van der Waals surface area contributed by atoms with Crippen LogP contribution in [0, 0.1) is 6.92 Å². The highest BCUT2D eigenvalue weighted by Crippen LogP contribution is 2.17. The van der Waals surface area contributed by atoms with Crippen molar-refractivity contribution in [3.05, 3.63) is 71.2 Å². The Morgan fingerprint density at radius 3 is 2.52 bits per heavy atom. The Hall–Kier alpha value is -3.68. The number of amides is 2. The van der Waals surface area contributed by atoms with E-state index in [1.165, 1.54) is 12.1 Å². The fourth-order valence-electron chi connectivity index (χ4n) is 2.41. The summed E-state index contributed by atoms with van der Waals surface area (Å²) >= 11 is 0. The summed E-state index contributed by atoms with van der Waals surface area (Å²) in [6, 6.07) is 13.6. The summed E-state index contributed by atoms with van der Waals surface area (Å²) < 4.78 is 10.2. The van der Waals surface area contributed by atoms with Crippen LogP contribution in [0.1, 0.15) is 32.3 Å². The van der Waals surface area contributed by atoms with Crippen molar-refractivity contribution >= 4 is 17.6 Å². The van der Waals surface area contributed by atoms with Gasteiger partial charge in [-0.3, -0.25) is 9.59 Å². The summed E-state index contributed by atoms with van der Waals surface area (Å²) in [7, 11) is 1.57. The summed E-state index contributed by atoms with van der Waals surface area (Å²) in [5.41, 5.74) is 1.07. The summed E-state index contributed by atoms with van der Waals surface area (Å²) in [6.45, 7) is 1.99. The number of ether oxygens (including phenoxy) is 1. The van der Waals surface area contributed by atoms with Gasteiger partial charge in [-0.25, -0.2) is 4.98 Å². The smallest absolute Gasteiger partial charge is 0.275 e. The number of aryl methyl sites for hydroxylation is 1. The van der Waals surface area contributed by atoms with Gasteiger partial charge >= 0.3 is 0 Å². The monoisotopic (exact) mass is 366 g/mol. The number of pyridine rings is 1. The second kappa shape index (κ2) is 8.13. The fraction of sp³-hybridized carbons (Fsp3) is 0.158. The lowest BCUT2D eigenvalue weighted by atomic mass is 10.2. The minimum atomic E-state index is -0.484. The molecular weight excluding hydrogens is 348 g/mol. The SMILES string of the molecule is COc1ccccc1CNC(=O)c1cccc(C(=O)Nc2cc(C)on2)n1. The highest BCUT2D eigenvalue weighted by molar-refractivity contribution is 6.03. The van der Waals surface area contributed by atoms with E-state index in [9.17, 15) is 9.59 Å². The number of carbonyl (C=O) groups excluding carboxylic acids is 2. The molecule has 0 spiro atoms. The van der Waals surface area contributed by atoms with E-state index in [4.69, 9.17) is 9.26 Å². The number of nitrogens with one attached hydrogen (secondary N) is 2. The highest BCUT2D eigenvalue weighted by Gasteiger charge is 2.14. The van der Waals surface area contributed by atoms with Gasteiger partial charge in [0, 0.05) is 18.2 Å². The number of aromatic nitrogens is 2. The topological polar surface area (TPSA) is 106 Å². The molecular formula is C19H18N4O4. The van der Waals surface area contributed by atoms with Crippen LogP contribution < -0.4 is 15.4 Å². The number of nitrogens with zero attached hydrogens (tertiary/aromatic N) is 2. The molecule has 8 heteroatoms. The van der Waals surface area contributed by atoms with Gasteiger partial charge in [0.15, 0.2) is 5.82 Å². The molecule has 0 bridgehead atoms. The molecule has 2 heterocycles. The number of rotatable bonds is 6. The zero-order valence-corrected chi connectivity index (χ0v) is 14.9. The maximum absolute atomic E-state index is 12.4. The van der Waals surface area contributed by atoms with Crippen molar-refractivity contribution in [2.75, 3.05) is 12.4 Å². The Balaban J connectivity index is 1.67. The van der Waals surface area contributed by atoms with Gasteiger partial charge in [-0.2, -0.15) is 0 Å². The first-order chi connectivity index (χ1) is 13.1. The molecule has 3 rings (SSSR count). The van der Waals surface area contributed by atoms with Gasteiger partial charge in [-0.15, -0.1) is 0 Å². The fourth-order valence-corrected chi connectivity index (χ4v) is 2.41. The Morgan fingerprint density at radius 2 is 1.81 bits per heavy atom. The number of para-hydroxylation sites is 1. The molecule has 2 amide bonds. The van der Waals surface area contributed by atoms with Crippen molar-refractivity contribution in [2.45, 2.75) is 13.5 Å². The van der Waals surface area contributed by atoms with Gasteiger partial charge in [0.2, 0.25) is 0 Å². The Morgan fingerprint density at radius 1 is 1.07 bits per heavy atom. The van der Waals surface area contributed by atoms with Crippen molar-refractivity contribution in [2.24, 2.45) is 0 Å². The number of methoxy groups -OCH3 is 1. The van der Waals surface area contributed by atoms with E-state index in [-0.39, 0.29) is 23.8 Å². The lowest BCUT2D eigenvalue weighted by Crippen LogP contribution is -2.25. The molecule has 138 valence electrons. The van der Waals surface area contributed by atoms with Crippen molar-refractivity contribution in [3.63, 3.8) is 0 Å². The maximum Gasteiger partial charge on any atom is 0.275 e. The molecule has 0 saturated carbocycles. The maximum atomic E-state index is 12.4. The number of hydrogen-bond donors (Lipinski definition) is 2. The number of benzene rings is 1. The molecule has 0 unspecified atom stereocenters. The first-order valence-electron chi connectivity index (χ1n) is 8.18. The molecule has 0 fully saturated rings. The number of hydrogen-bond acceptors (Lipinski definition) is 6. The molecule has 2 aromatic heterocycles. The van der Waals surface area contributed by atoms with Crippen molar-refractivity contribution in [3.8, 4) is 5.75 Å². The Labute approximate surface area is 155 Å². The molecule has 0 aliphatic heterocycles. The minimum Gasteiger partial charge on any atom is -0.496 e. The van der Waals surface area contributed by atoms with Crippen LogP contribution >= 0.6 is 0 Å². The van der Waals surface area contributed by atoms with E-state index in [1.54, 1.807) is 26.2 Å². The van der Waals surface area contributed by atoms with E-state index in [0.29, 0.717) is 11.5 Å². The van der Waals surface area contributed by atoms with Crippen molar-refractivity contribution in [1.29, 1.82) is 0 Å².